The summed E-state index contributed by atoms with van der Waals surface area (Å²) < 4.78 is 9.54. The number of hydrogen-bond acceptors (Lipinski definition) is 4. The van der Waals surface area contributed by atoms with Crippen LogP contribution >= 0.6 is 0 Å². The number of rotatable bonds is 5. The molecule has 0 atom stereocenters. The average Bonchev–Trinajstić information content (AvgIpc) is 3.54. The van der Waals surface area contributed by atoms with Crippen LogP contribution in [0.1, 0.15) is 19.5 Å². The van der Waals surface area contributed by atoms with Crippen LogP contribution < -0.4 is 4.40 Å². The first kappa shape index (κ1) is 31.8. The molecule has 5 nitrogen and oxygen atoms in total. The van der Waals surface area contributed by atoms with Crippen molar-refractivity contribution in [2.24, 2.45) is 5.92 Å². The van der Waals surface area contributed by atoms with Gasteiger partial charge in [0.1, 0.15) is 0 Å². The largest absolute Gasteiger partial charge is 0 e. The van der Waals surface area contributed by atoms with Crippen molar-refractivity contribution in [1.82, 2.24) is 19.5 Å². The molecule has 225 valence electrons. The van der Waals surface area contributed by atoms with Crippen molar-refractivity contribution in [3.63, 3.8) is 0 Å². The Labute approximate surface area is 275 Å². The molecule has 0 spiro atoms. The minimum Gasteiger partial charge on any atom is 0 e. The molecule has 44 heavy (non-hydrogen) atoms. The maximum atomic E-state index is 5.83. The van der Waals surface area contributed by atoms with E-state index in [0.717, 1.165) is 56.8 Å². The van der Waals surface area contributed by atoms with Crippen LogP contribution in [0.2, 0.25) is 17.3 Å². The Morgan fingerprint density at radius 3 is 2.36 bits per heavy atom. The number of hydrogen-bond donors (Lipinski definition) is 0. The third kappa shape index (κ3) is 6.73. The van der Waals surface area contributed by atoms with Gasteiger partial charge >= 0.3 is 144 Å². The van der Waals surface area contributed by atoms with Crippen LogP contribution in [0.4, 0.5) is 0 Å². The molecule has 7 heteroatoms. The van der Waals surface area contributed by atoms with Gasteiger partial charge in [0.2, 0.25) is 0 Å². The van der Waals surface area contributed by atoms with E-state index in [9.17, 15) is 0 Å². The topological polar surface area (TPSA) is 56.7 Å². The van der Waals surface area contributed by atoms with Gasteiger partial charge in [0, 0.05) is 26.7 Å². The third-order valence-corrected chi connectivity index (χ3v) is 11.7. The monoisotopic (exact) mass is 819 g/mol. The SMILES string of the molecule is CC(C)Cn1c(-c2[c-]cccc2)nc2ccccc21.Cc1ccc2c(n1)oc1c[c-]c(-c3cc[c]([Ge]([CH3])([CH3])[CH3])cn3)cc12.[Ir]. The van der Waals surface area contributed by atoms with Crippen LogP contribution in [-0.2, 0) is 26.7 Å². The number of pyridine rings is 2. The summed E-state index contributed by atoms with van der Waals surface area (Å²) in [4.78, 5) is 13.9. The van der Waals surface area contributed by atoms with E-state index < -0.39 is 13.3 Å². The average molecular weight is 818 g/mol. The number of nitrogens with zero attached hydrogens (tertiary/aromatic N) is 4. The standard InChI is InChI=1S/C20H19GeN2O.C17H17N2.Ir/c1-13-5-8-16-17-11-14(6-10-19(17)24-20(16)23-13)18-9-7-15(12-22-18)21(2,3)4;1-13(2)12-19-16-11-7-6-10-15(16)18-17(19)14-8-4-3-5-9-14;/h5,7-12H,1-4H3;3-8,10-11,13H,12H2,1-2H3;/q2*-1;. The molecule has 4 heterocycles. The Morgan fingerprint density at radius 2 is 1.66 bits per heavy atom. The zero-order chi connectivity index (χ0) is 30.1. The number of fused-ring (bicyclic) bond motifs is 4. The van der Waals surface area contributed by atoms with E-state index in [1.54, 1.807) is 0 Å². The summed E-state index contributed by atoms with van der Waals surface area (Å²) in [6.45, 7) is 7.40. The second-order valence-corrected chi connectivity index (χ2v) is 23.1. The van der Waals surface area contributed by atoms with Crippen LogP contribution in [0.5, 0.6) is 0 Å². The summed E-state index contributed by atoms with van der Waals surface area (Å²) in [5.74, 6) is 8.72. The minimum atomic E-state index is -1.83. The van der Waals surface area contributed by atoms with E-state index in [1.165, 1.54) is 9.91 Å². The van der Waals surface area contributed by atoms with Gasteiger partial charge in [0.25, 0.3) is 0 Å². The minimum absolute atomic E-state index is 0. The van der Waals surface area contributed by atoms with Crippen molar-refractivity contribution < 1.29 is 24.5 Å². The third-order valence-electron chi connectivity index (χ3n) is 7.47. The van der Waals surface area contributed by atoms with Gasteiger partial charge in [-0.3, -0.25) is 4.98 Å². The number of para-hydroxylation sites is 2. The molecule has 0 saturated heterocycles. The molecular weight excluding hydrogens is 781 g/mol. The van der Waals surface area contributed by atoms with Gasteiger partial charge in [0.15, 0.2) is 0 Å². The van der Waals surface area contributed by atoms with E-state index >= 15 is 0 Å². The maximum Gasteiger partial charge on any atom is 0 e. The van der Waals surface area contributed by atoms with E-state index in [4.69, 9.17) is 9.40 Å². The van der Waals surface area contributed by atoms with Crippen molar-refractivity contribution in [1.29, 1.82) is 0 Å². The van der Waals surface area contributed by atoms with Gasteiger partial charge in [0.05, 0.1) is 16.9 Å². The van der Waals surface area contributed by atoms with Gasteiger partial charge in [-0.15, -0.1) is 35.9 Å². The fourth-order valence-corrected chi connectivity index (χ4v) is 7.37. The molecule has 1 radical (unpaired) electrons. The summed E-state index contributed by atoms with van der Waals surface area (Å²) in [5.41, 5.74) is 7.68. The Morgan fingerprint density at radius 1 is 0.864 bits per heavy atom. The molecule has 7 rings (SSSR count). The Kier molecular flexibility index (Phi) is 9.54. The fourth-order valence-electron chi connectivity index (χ4n) is 5.20. The Hall–Kier alpha value is -3.58. The van der Waals surface area contributed by atoms with Crippen molar-refractivity contribution in [3.8, 4) is 22.6 Å². The number of imidazole rings is 1. The summed E-state index contributed by atoms with van der Waals surface area (Å²) in [6, 6.07) is 35.3. The van der Waals surface area contributed by atoms with Gasteiger partial charge < -0.3 is 4.57 Å². The smallest absolute Gasteiger partial charge is 0 e. The predicted molar refractivity (Wildman–Crippen MR) is 180 cm³/mol. The van der Waals surface area contributed by atoms with Gasteiger partial charge in [-0.2, -0.15) is 0 Å². The number of aryl methyl sites for hydroxylation is 1. The van der Waals surface area contributed by atoms with E-state index in [1.807, 2.05) is 49.5 Å². The fraction of sp³-hybridized carbons (Fsp3) is 0.216. The molecule has 4 aromatic heterocycles. The van der Waals surface area contributed by atoms with Gasteiger partial charge in [-0.05, 0) is 18.1 Å². The van der Waals surface area contributed by atoms with Crippen molar-refractivity contribution in [2.75, 3.05) is 0 Å². The molecule has 0 aliphatic rings. The second kappa shape index (κ2) is 13.2. The molecule has 0 aliphatic carbocycles. The zero-order valence-corrected chi connectivity index (χ0v) is 30.5. The number of furan rings is 1. The van der Waals surface area contributed by atoms with Crippen molar-refractivity contribution in [2.45, 2.75) is 44.6 Å². The van der Waals surface area contributed by atoms with Crippen LogP contribution in [0.25, 0.3) is 55.7 Å². The normalized spacial score (nSPS) is 11.5. The van der Waals surface area contributed by atoms with Crippen molar-refractivity contribution in [3.05, 3.63) is 109 Å². The summed E-state index contributed by atoms with van der Waals surface area (Å²) in [5, 5.41) is 2.10. The maximum absolute atomic E-state index is 5.83. The van der Waals surface area contributed by atoms with E-state index in [0.29, 0.717) is 11.6 Å². The van der Waals surface area contributed by atoms with Gasteiger partial charge in [-0.1, -0.05) is 26.0 Å². The molecule has 0 unspecified atom stereocenters. The molecule has 0 bridgehead atoms. The van der Waals surface area contributed by atoms with Crippen LogP contribution in [-0.4, -0.2) is 32.8 Å². The summed E-state index contributed by atoms with van der Waals surface area (Å²) in [7, 11) is 0. The summed E-state index contributed by atoms with van der Waals surface area (Å²) in [6.07, 6.45) is 2.03. The molecule has 0 saturated carbocycles. The molecule has 0 fully saturated rings. The first-order valence-electron chi connectivity index (χ1n) is 14.8. The van der Waals surface area contributed by atoms with Crippen LogP contribution in [0, 0.1) is 25.0 Å². The van der Waals surface area contributed by atoms with Gasteiger partial charge in [-0.25, -0.2) is 0 Å². The van der Waals surface area contributed by atoms with Crippen molar-refractivity contribution >= 4 is 50.8 Å². The molecule has 0 N–H and O–H groups in total. The molecule has 0 amide bonds. The first-order valence-corrected chi connectivity index (χ1v) is 22.1. The second-order valence-electron chi connectivity index (χ2n) is 12.4. The molecule has 3 aromatic carbocycles. The van der Waals surface area contributed by atoms with Crippen LogP contribution in [0.3, 0.4) is 0 Å². The quantitative estimate of drug-likeness (QED) is 0.129. The number of benzene rings is 3. The molecular formula is C37H36GeIrN4O-2. The molecule has 7 aromatic rings. The van der Waals surface area contributed by atoms with E-state index in [-0.39, 0.29) is 20.1 Å². The Bertz CT molecular complexity index is 2020. The predicted octanol–water partition coefficient (Wildman–Crippen LogP) is 8.85. The summed E-state index contributed by atoms with van der Waals surface area (Å²) >= 11 is -1.83. The number of aromatic nitrogens is 4. The zero-order valence-electron chi connectivity index (χ0n) is 26.0. The Balaban J connectivity index is 0.000000175. The molecule has 0 aliphatic heterocycles. The first-order chi connectivity index (χ1) is 20.7. The van der Waals surface area contributed by atoms with Crippen LogP contribution in [0.15, 0.2) is 95.5 Å². The van der Waals surface area contributed by atoms with E-state index in [2.05, 4.69) is 106 Å².